The van der Waals surface area contributed by atoms with Gasteiger partial charge < -0.3 is 20.6 Å². The minimum atomic E-state index is -0.921. The highest BCUT2D eigenvalue weighted by Gasteiger charge is 2.31. The SMILES string of the molecule is CC(C)(C)C(=O)NCc1ccc(NC(=O)N(CC(O)c2ccc(Cl)cc2Cl)C2CCC2)cc1. The molecule has 0 bridgehead atoms. The van der Waals surface area contributed by atoms with Crippen LogP contribution in [0.5, 0.6) is 0 Å². The molecule has 1 unspecified atom stereocenters. The number of anilines is 1. The Bertz CT molecular complexity index is 985. The van der Waals surface area contributed by atoms with Gasteiger partial charge in [0, 0.05) is 39.3 Å². The number of aliphatic hydroxyl groups is 1. The molecule has 0 radical (unpaired) electrons. The average Bonchev–Trinajstić information content (AvgIpc) is 2.70. The molecular weight excluding hydrogens is 461 g/mol. The van der Waals surface area contributed by atoms with E-state index in [1.165, 1.54) is 0 Å². The average molecular weight is 492 g/mol. The number of halogens is 2. The minimum absolute atomic E-state index is 0.0182. The van der Waals surface area contributed by atoms with E-state index in [1.54, 1.807) is 23.1 Å². The summed E-state index contributed by atoms with van der Waals surface area (Å²) in [7, 11) is 0. The molecule has 3 amide bonds. The van der Waals surface area contributed by atoms with E-state index in [0.717, 1.165) is 24.8 Å². The van der Waals surface area contributed by atoms with Crippen molar-refractivity contribution >= 4 is 40.8 Å². The molecule has 0 saturated heterocycles. The van der Waals surface area contributed by atoms with Crippen LogP contribution in [0.3, 0.4) is 0 Å². The van der Waals surface area contributed by atoms with E-state index in [9.17, 15) is 14.7 Å². The molecule has 0 spiro atoms. The van der Waals surface area contributed by atoms with E-state index in [0.29, 0.717) is 27.8 Å². The number of urea groups is 1. The van der Waals surface area contributed by atoms with Gasteiger partial charge in [-0.3, -0.25) is 4.79 Å². The third-order valence-electron chi connectivity index (χ3n) is 5.81. The van der Waals surface area contributed by atoms with Crippen LogP contribution >= 0.6 is 23.2 Å². The number of carbonyl (C=O) groups is 2. The maximum atomic E-state index is 13.1. The fourth-order valence-electron chi connectivity index (χ4n) is 3.50. The van der Waals surface area contributed by atoms with Gasteiger partial charge in [0.2, 0.25) is 5.91 Å². The first-order valence-electron chi connectivity index (χ1n) is 11.1. The first kappa shape index (κ1) is 25.3. The van der Waals surface area contributed by atoms with Crippen molar-refractivity contribution in [2.45, 2.75) is 58.7 Å². The zero-order valence-electron chi connectivity index (χ0n) is 19.2. The second-order valence-corrected chi connectivity index (χ2v) is 10.3. The summed E-state index contributed by atoms with van der Waals surface area (Å²) < 4.78 is 0. The van der Waals surface area contributed by atoms with Crippen molar-refractivity contribution in [2.24, 2.45) is 5.41 Å². The van der Waals surface area contributed by atoms with Gasteiger partial charge in [-0.05, 0) is 49.1 Å². The zero-order chi connectivity index (χ0) is 24.2. The lowest BCUT2D eigenvalue weighted by Crippen LogP contribution is -2.48. The molecule has 1 aliphatic rings. The van der Waals surface area contributed by atoms with Crippen LogP contribution in [-0.4, -0.2) is 34.5 Å². The predicted octanol–water partition coefficient (Wildman–Crippen LogP) is 5.78. The van der Waals surface area contributed by atoms with Crippen molar-refractivity contribution in [3.05, 3.63) is 63.6 Å². The van der Waals surface area contributed by atoms with Gasteiger partial charge in [0.05, 0.1) is 12.6 Å². The van der Waals surface area contributed by atoms with Crippen LogP contribution in [-0.2, 0) is 11.3 Å². The molecule has 8 heteroatoms. The van der Waals surface area contributed by atoms with Crippen LogP contribution < -0.4 is 10.6 Å². The molecule has 1 saturated carbocycles. The summed E-state index contributed by atoms with van der Waals surface area (Å²) in [5.41, 5.74) is 1.68. The molecule has 0 aliphatic heterocycles. The summed E-state index contributed by atoms with van der Waals surface area (Å²) in [4.78, 5) is 26.8. The van der Waals surface area contributed by atoms with Gasteiger partial charge in [0.25, 0.3) is 0 Å². The second-order valence-electron chi connectivity index (χ2n) is 9.48. The lowest BCUT2D eigenvalue weighted by molar-refractivity contribution is -0.128. The van der Waals surface area contributed by atoms with Crippen molar-refractivity contribution < 1.29 is 14.7 Å². The zero-order valence-corrected chi connectivity index (χ0v) is 20.7. The number of nitrogens with one attached hydrogen (secondary N) is 2. The number of benzene rings is 2. The van der Waals surface area contributed by atoms with Crippen LogP contribution in [0.4, 0.5) is 10.5 Å². The number of amides is 3. The standard InChI is InChI=1S/C25H31Cl2N3O3/c1-25(2,3)23(32)28-14-16-7-10-18(11-8-16)29-24(33)30(19-5-4-6-19)15-22(31)20-12-9-17(26)13-21(20)27/h7-13,19,22,31H,4-6,14-15H2,1-3H3,(H,28,32)(H,29,33). The lowest BCUT2D eigenvalue weighted by Gasteiger charge is -2.38. The molecule has 6 nitrogen and oxygen atoms in total. The van der Waals surface area contributed by atoms with Gasteiger partial charge >= 0.3 is 6.03 Å². The maximum absolute atomic E-state index is 13.1. The number of rotatable bonds is 7. The highest BCUT2D eigenvalue weighted by molar-refractivity contribution is 6.35. The van der Waals surface area contributed by atoms with E-state index in [-0.39, 0.29) is 24.5 Å². The molecule has 1 aliphatic carbocycles. The third kappa shape index (κ3) is 6.85. The monoisotopic (exact) mass is 491 g/mol. The Hall–Kier alpha value is -2.28. The molecular formula is C25H31Cl2N3O3. The second kappa shape index (κ2) is 10.8. The first-order valence-corrected chi connectivity index (χ1v) is 11.9. The summed E-state index contributed by atoms with van der Waals surface area (Å²) in [6.07, 6.45) is 1.94. The molecule has 178 valence electrons. The molecule has 0 aromatic heterocycles. The molecule has 2 aromatic rings. The van der Waals surface area contributed by atoms with Crippen molar-refractivity contribution in [1.29, 1.82) is 0 Å². The molecule has 2 aromatic carbocycles. The van der Waals surface area contributed by atoms with Gasteiger partial charge in [-0.25, -0.2) is 4.79 Å². The number of hydrogen-bond donors (Lipinski definition) is 3. The smallest absolute Gasteiger partial charge is 0.322 e. The number of aliphatic hydroxyl groups excluding tert-OH is 1. The van der Waals surface area contributed by atoms with Crippen molar-refractivity contribution in [1.82, 2.24) is 10.2 Å². The molecule has 1 fully saturated rings. The van der Waals surface area contributed by atoms with Crippen molar-refractivity contribution in [2.75, 3.05) is 11.9 Å². The van der Waals surface area contributed by atoms with E-state index in [4.69, 9.17) is 23.2 Å². The maximum Gasteiger partial charge on any atom is 0.322 e. The summed E-state index contributed by atoms with van der Waals surface area (Å²) in [6.45, 7) is 6.16. The Morgan fingerprint density at radius 2 is 1.79 bits per heavy atom. The van der Waals surface area contributed by atoms with Gasteiger partial charge in [0.1, 0.15) is 0 Å². The first-order chi connectivity index (χ1) is 15.5. The summed E-state index contributed by atoms with van der Waals surface area (Å²) in [5.74, 6) is -0.0182. The van der Waals surface area contributed by atoms with E-state index in [2.05, 4.69) is 10.6 Å². The van der Waals surface area contributed by atoms with E-state index >= 15 is 0 Å². The largest absolute Gasteiger partial charge is 0.386 e. The molecule has 1 atom stereocenters. The van der Waals surface area contributed by atoms with E-state index < -0.39 is 11.5 Å². The highest BCUT2D eigenvalue weighted by Crippen LogP contribution is 2.31. The van der Waals surface area contributed by atoms with Gasteiger partial charge in [-0.2, -0.15) is 0 Å². The lowest BCUT2D eigenvalue weighted by atomic mass is 9.91. The van der Waals surface area contributed by atoms with Crippen LogP contribution in [0, 0.1) is 5.41 Å². The van der Waals surface area contributed by atoms with Crippen LogP contribution in [0.1, 0.15) is 57.3 Å². The van der Waals surface area contributed by atoms with Crippen molar-refractivity contribution in [3.63, 3.8) is 0 Å². The quantitative estimate of drug-likeness (QED) is 0.459. The van der Waals surface area contributed by atoms with Gasteiger partial charge in [-0.1, -0.05) is 62.2 Å². The normalized spacial score (nSPS) is 14.8. The van der Waals surface area contributed by atoms with Gasteiger partial charge in [-0.15, -0.1) is 0 Å². The Labute approximate surface area is 205 Å². The predicted molar refractivity (Wildman–Crippen MR) is 133 cm³/mol. The fraction of sp³-hybridized carbons (Fsp3) is 0.440. The molecule has 33 heavy (non-hydrogen) atoms. The minimum Gasteiger partial charge on any atom is -0.386 e. The molecule has 3 N–H and O–H groups in total. The number of nitrogens with zero attached hydrogens (tertiary/aromatic N) is 1. The van der Waals surface area contributed by atoms with E-state index in [1.807, 2.05) is 45.0 Å². The summed E-state index contributed by atoms with van der Waals surface area (Å²) in [5, 5.41) is 17.5. The fourth-order valence-corrected chi connectivity index (χ4v) is 4.04. The number of hydrogen-bond acceptors (Lipinski definition) is 3. The Morgan fingerprint density at radius 3 is 2.33 bits per heavy atom. The molecule has 0 heterocycles. The van der Waals surface area contributed by atoms with Gasteiger partial charge in [0.15, 0.2) is 0 Å². The van der Waals surface area contributed by atoms with Crippen LogP contribution in [0.2, 0.25) is 10.0 Å². The van der Waals surface area contributed by atoms with Crippen LogP contribution in [0.15, 0.2) is 42.5 Å². The molecule has 3 rings (SSSR count). The Balaban J connectivity index is 1.62. The summed E-state index contributed by atoms with van der Waals surface area (Å²) in [6, 6.07) is 12.1. The Morgan fingerprint density at radius 1 is 1.12 bits per heavy atom. The number of carbonyl (C=O) groups excluding carboxylic acids is 2. The van der Waals surface area contributed by atoms with Crippen LogP contribution in [0.25, 0.3) is 0 Å². The Kier molecular flexibility index (Phi) is 8.27. The third-order valence-corrected chi connectivity index (χ3v) is 6.37. The topological polar surface area (TPSA) is 81.7 Å². The highest BCUT2D eigenvalue weighted by atomic mass is 35.5. The summed E-state index contributed by atoms with van der Waals surface area (Å²) >= 11 is 12.2. The van der Waals surface area contributed by atoms with Crippen molar-refractivity contribution in [3.8, 4) is 0 Å².